The van der Waals surface area contributed by atoms with E-state index in [4.69, 9.17) is 11.6 Å². The smallest absolute Gasteiger partial charge is 0.326 e. The van der Waals surface area contributed by atoms with Gasteiger partial charge >= 0.3 is 5.97 Å². The monoisotopic (exact) mass is 422 g/mol. The maximum Gasteiger partial charge on any atom is 0.326 e. The van der Waals surface area contributed by atoms with Crippen molar-refractivity contribution in [1.82, 2.24) is 9.88 Å². The number of carboxylic acid groups (broad SMARTS) is 1. The lowest BCUT2D eigenvalue weighted by atomic mass is 10.1. The Morgan fingerprint density at radius 1 is 1.25 bits per heavy atom. The number of nitrogens with one attached hydrogen (secondary N) is 1. The molecule has 0 bridgehead atoms. The van der Waals surface area contributed by atoms with Gasteiger partial charge < -0.3 is 15.0 Å². The van der Waals surface area contributed by atoms with Gasteiger partial charge in [-0.25, -0.2) is 4.79 Å². The Kier molecular flexibility index (Phi) is 7.71. The molecule has 1 atom stereocenters. The summed E-state index contributed by atoms with van der Waals surface area (Å²) in [5.74, 6) is -0.962. The number of hydrogen-bond donors (Lipinski definition) is 2. The normalized spacial score (nSPS) is 11.9. The fourth-order valence-electron chi connectivity index (χ4n) is 2.97. The lowest BCUT2D eigenvalue weighted by Crippen LogP contribution is -2.42. The maximum atomic E-state index is 12.8. The first-order chi connectivity index (χ1) is 13.2. The standard InChI is InChI=1S/C20H23ClN2O4S/c1-12-10-15(11-17(24)22-16(20(26)27)8-9-28-3)23(2)18(12)19(25)13-4-6-14(21)7-5-13/h4-7,10,16H,8-9,11H2,1-3H3,(H,22,24)(H,26,27). The Morgan fingerprint density at radius 2 is 1.89 bits per heavy atom. The zero-order valence-electron chi connectivity index (χ0n) is 16.0. The number of aromatic nitrogens is 1. The Morgan fingerprint density at radius 3 is 2.46 bits per heavy atom. The van der Waals surface area contributed by atoms with Gasteiger partial charge in [-0.3, -0.25) is 9.59 Å². The second-order valence-corrected chi connectivity index (χ2v) is 7.90. The molecule has 1 aromatic heterocycles. The molecule has 2 aromatic rings. The Balaban J connectivity index is 2.16. The summed E-state index contributed by atoms with van der Waals surface area (Å²) in [6.45, 7) is 1.81. The summed E-state index contributed by atoms with van der Waals surface area (Å²) in [5.41, 5.74) is 2.39. The minimum atomic E-state index is -1.05. The van der Waals surface area contributed by atoms with E-state index in [0.29, 0.717) is 34.1 Å². The highest BCUT2D eigenvalue weighted by Crippen LogP contribution is 2.20. The van der Waals surface area contributed by atoms with Crippen LogP contribution in [0.4, 0.5) is 0 Å². The van der Waals surface area contributed by atoms with Crippen LogP contribution in [0.5, 0.6) is 0 Å². The van der Waals surface area contributed by atoms with E-state index in [1.165, 1.54) is 11.8 Å². The van der Waals surface area contributed by atoms with E-state index in [0.717, 1.165) is 5.56 Å². The number of amides is 1. The highest BCUT2D eigenvalue weighted by Gasteiger charge is 2.22. The molecule has 0 aliphatic heterocycles. The number of ketones is 1. The van der Waals surface area contributed by atoms with Gasteiger partial charge in [0, 0.05) is 23.3 Å². The van der Waals surface area contributed by atoms with Crippen molar-refractivity contribution in [3.05, 3.63) is 57.9 Å². The summed E-state index contributed by atoms with van der Waals surface area (Å²) in [6, 6.07) is 7.49. The molecular formula is C20H23ClN2O4S. The third-order valence-electron chi connectivity index (χ3n) is 4.43. The van der Waals surface area contributed by atoms with Crippen molar-refractivity contribution in [3.63, 3.8) is 0 Å². The molecule has 6 nitrogen and oxygen atoms in total. The Hall–Kier alpha value is -2.25. The van der Waals surface area contributed by atoms with Crippen LogP contribution in [0, 0.1) is 6.92 Å². The molecule has 0 radical (unpaired) electrons. The molecule has 0 saturated heterocycles. The van der Waals surface area contributed by atoms with E-state index in [1.807, 2.05) is 13.2 Å². The first-order valence-electron chi connectivity index (χ1n) is 8.71. The van der Waals surface area contributed by atoms with Crippen molar-refractivity contribution in [2.45, 2.75) is 25.8 Å². The predicted molar refractivity (Wildman–Crippen MR) is 111 cm³/mol. The fourth-order valence-corrected chi connectivity index (χ4v) is 3.56. The average Bonchev–Trinajstić information content (AvgIpc) is 2.91. The number of thioether (sulfide) groups is 1. The molecule has 28 heavy (non-hydrogen) atoms. The van der Waals surface area contributed by atoms with Gasteiger partial charge in [0.2, 0.25) is 11.7 Å². The van der Waals surface area contributed by atoms with Crippen molar-refractivity contribution in [1.29, 1.82) is 0 Å². The Labute approximate surface area is 173 Å². The quantitative estimate of drug-likeness (QED) is 0.606. The molecule has 150 valence electrons. The molecule has 1 amide bonds. The van der Waals surface area contributed by atoms with E-state index in [2.05, 4.69) is 5.32 Å². The van der Waals surface area contributed by atoms with Crippen LogP contribution in [0.1, 0.15) is 33.7 Å². The summed E-state index contributed by atoms with van der Waals surface area (Å²) >= 11 is 7.40. The largest absolute Gasteiger partial charge is 0.480 e. The van der Waals surface area contributed by atoms with Gasteiger partial charge in [-0.05, 0) is 61.2 Å². The van der Waals surface area contributed by atoms with Crippen molar-refractivity contribution in [2.75, 3.05) is 12.0 Å². The first-order valence-corrected chi connectivity index (χ1v) is 10.5. The summed E-state index contributed by atoms with van der Waals surface area (Å²) in [6.07, 6.45) is 2.23. The highest BCUT2D eigenvalue weighted by atomic mass is 35.5. The molecule has 0 saturated carbocycles. The number of carbonyl (C=O) groups is 3. The minimum Gasteiger partial charge on any atom is -0.480 e. The highest BCUT2D eigenvalue weighted by molar-refractivity contribution is 7.98. The Bertz CT molecular complexity index is 877. The lowest BCUT2D eigenvalue weighted by molar-refractivity contribution is -0.141. The molecule has 1 unspecified atom stereocenters. The van der Waals surface area contributed by atoms with Gasteiger partial charge in [0.15, 0.2) is 0 Å². The van der Waals surface area contributed by atoms with Crippen molar-refractivity contribution < 1.29 is 19.5 Å². The molecule has 2 N–H and O–H groups in total. The van der Waals surface area contributed by atoms with Crippen LogP contribution in [0.15, 0.2) is 30.3 Å². The van der Waals surface area contributed by atoms with Crippen LogP contribution >= 0.6 is 23.4 Å². The number of carbonyl (C=O) groups excluding carboxylic acids is 2. The van der Waals surface area contributed by atoms with E-state index in [1.54, 1.807) is 41.9 Å². The van der Waals surface area contributed by atoms with Crippen molar-refractivity contribution in [3.8, 4) is 0 Å². The van der Waals surface area contributed by atoms with Gasteiger partial charge in [-0.15, -0.1) is 0 Å². The fraction of sp³-hybridized carbons (Fsp3) is 0.350. The molecule has 0 aliphatic rings. The van der Waals surface area contributed by atoms with Crippen molar-refractivity contribution >= 4 is 41.0 Å². The number of aryl methyl sites for hydroxylation is 1. The van der Waals surface area contributed by atoms with Gasteiger partial charge in [0.25, 0.3) is 0 Å². The van der Waals surface area contributed by atoms with Crippen LogP contribution in [0.25, 0.3) is 0 Å². The summed E-state index contributed by atoms with van der Waals surface area (Å²) < 4.78 is 1.68. The molecule has 1 aromatic carbocycles. The lowest BCUT2D eigenvalue weighted by Gasteiger charge is -2.14. The second-order valence-electron chi connectivity index (χ2n) is 6.48. The molecule has 0 aliphatic carbocycles. The van der Waals surface area contributed by atoms with Crippen molar-refractivity contribution in [2.24, 2.45) is 7.05 Å². The van der Waals surface area contributed by atoms with Gasteiger partial charge in [-0.2, -0.15) is 11.8 Å². The van der Waals surface area contributed by atoms with Crippen LogP contribution in [0.2, 0.25) is 5.02 Å². The predicted octanol–water partition coefficient (Wildman–Crippen LogP) is 3.08. The number of aliphatic carboxylic acids is 1. The summed E-state index contributed by atoms with van der Waals surface area (Å²) in [5, 5.41) is 12.4. The van der Waals surface area contributed by atoms with Gasteiger partial charge in [0.05, 0.1) is 12.1 Å². The summed E-state index contributed by atoms with van der Waals surface area (Å²) in [4.78, 5) is 36.5. The average molecular weight is 423 g/mol. The molecule has 8 heteroatoms. The number of carboxylic acids is 1. The van der Waals surface area contributed by atoms with E-state index < -0.39 is 12.0 Å². The maximum absolute atomic E-state index is 12.8. The molecular weight excluding hydrogens is 400 g/mol. The third kappa shape index (κ3) is 5.39. The van der Waals surface area contributed by atoms with E-state index >= 15 is 0 Å². The van der Waals surface area contributed by atoms with Crippen LogP contribution < -0.4 is 5.32 Å². The van der Waals surface area contributed by atoms with Crippen LogP contribution in [-0.4, -0.2) is 45.4 Å². The van der Waals surface area contributed by atoms with Crippen LogP contribution in [0.3, 0.4) is 0 Å². The second kappa shape index (κ2) is 9.80. The topological polar surface area (TPSA) is 88.4 Å². The van der Waals surface area contributed by atoms with Crippen LogP contribution in [-0.2, 0) is 23.1 Å². The molecule has 0 fully saturated rings. The van der Waals surface area contributed by atoms with E-state index in [-0.39, 0.29) is 18.1 Å². The zero-order valence-corrected chi connectivity index (χ0v) is 17.6. The number of hydrogen-bond acceptors (Lipinski definition) is 4. The zero-order chi connectivity index (χ0) is 20.8. The molecule has 0 spiro atoms. The number of benzene rings is 1. The minimum absolute atomic E-state index is 0.00567. The molecule has 1 heterocycles. The number of halogens is 1. The van der Waals surface area contributed by atoms with Gasteiger partial charge in [-0.1, -0.05) is 11.6 Å². The SMILES string of the molecule is CSCCC(NC(=O)Cc1cc(C)c(C(=O)c2ccc(Cl)cc2)n1C)C(=O)O. The molecule has 2 rings (SSSR count). The van der Waals surface area contributed by atoms with E-state index in [9.17, 15) is 19.5 Å². The number of nitrogens with zero attached hydrogens (tertiary/aromatic N) is 1. The van der Waals surface area contributed by atoms with Gasteiger partial charge in [0.1, 0.15) is 6.04 Å². The third-order valence-corrected chi connectivity index (χ3v) is 5.33. The number of rotatable bonds is 9. The first kappa shape index (κ1) is 22.0. The summed E-state index contributed by atoms with van der Waals surface area (Å²) in [7, 11) is 1.72.